The van der Waals surface area contributed by atoms with E-state index in [4.69, 9.17) is 0 Å². The van der Waals surface area contributed by atoms with Gasteiger partial charge in [0.2, 0.25) is 0 Å². The molecule has 1 saturated carbocycles. The standard InChI is InChI=1S/C23H23FN4O3/c1-14-17-4-2-16(13-20(17)26-25-14)15-3-5-18(19(24)12-15)21(29)27-8-10-28(11-9-27)22(30)23(31)6-7-23/h2-5,12,31H,6-11,13H2,1H3. The molecule has 0 aromatic heterocycles. The first-order valence-corrected chi connectivity index (χ1v) is 10.5. The van der Waals surface area contributed by atoms with E-state index in [1.54, 1.807) is 15.9 Å². The Hall–Kier alpha value is -3.13. The third kappa shape index (κ3) is 3.50. The monoisotopic (exact) mass is 422 g/mol. The van der Waals surface area contributed by atoms with Gasteiger partial charge in [-0.05, 0) is 43.0 Å². The number of carbonyl (C=O) groups is 2. The minimum atomic E-state index is -1.20. The van der Waals surface area contributed by atoms with Crippen LogP contribution in [0.15, 0.2) is 46.1 Å². The summed E-state index contributed by atoms with van der Waals surface area (Å²) in [6.07, 6.45) is 5.45. The van der Waals surface area contributed by atoms with Crippen molar-refractivity contribution in [1.82, 2.24) is 9.80 Å². The van der Waals surface area contributed by atoms with Crippen LogP contribution in [0, 0.1) is 5.82 Å². The number of allylic oxidation sites excluding steroid dienone is 4. The van der Waals surface area contributed by atoms with Crippen molar-refractivity contribution in [3.05, 3.63) is 52.9 Å². The van der Waals surface area contributed by atoms with Gasteiger partial charge >= 0.3 is 0 Å². The zero-order valence-electron chi connectivity index (χ0n) is 17.3. The third-order valence-corrected chi connectivity index (χ3v) is 6.38. The molecule has 4 aliphatic rings. The molecule has 2 aliphatic heterocycles. The maximum Gasteiger partial charge on any atom is 0.256 e. The number of fused-ring (bicyclic) bond motifs is 1. The average molecular weight is 422 g/mol. The average Bonchev–Trinajstić information content (AvgIpc) is 3.44. The molecular formula is C23H23FN4O3. The molecule has 7 nitrogen and oxygen atoms in total. The molecule has 1 aromatic carbocycles. The number of nitrogens with zero attached hydrogens (tertiary/aromatic N) is 4. The van der Waals surface area contributed by atoms with Gasteiger partial charge in [0.15, 0.2) is 0 Å². The first-order valence-electron chi connectivity index (χ1n) is 10.5. The Labute approximate surface area is 179 Å². The number of piperazine rings is 1. The second kappa shape index (κ2) is 7.23. The highest BCUT2D eigenvalue weighted by atomic mass is 19.1. The van der Waals surface area contributed by atoms with Crippen molar-refractivity contribution in [2.75, 3.05) is 26.2 Å². The number of carbonyl (C=O) groups excluding carboxylic acids is 2. The highest BCUT2D eigenvalue weighted by Gasteiger charge is 2.50. The van der Waals surface area contributed by atoms with E-state index in [1.165, 1.54) is 12.1 Å². The van der Waals surface area contributed by atoms with Gasteiger partial charge < -0.3 is 14.9 Å². The van der Waals surface area contributed by atoms with E-state index < -0.39 is 11.4 Å². The molecule has 1 saturated heterocycles. The van der Waals surface area contributed by atoms with Gasteiger partial charge in [-0.15, -0.1) is 0 Å². The van der Waals surface area contributed by atoms with E-state index in [2.05, 4.69) is 10.2 Å². The van der Waals surface area contributed by atoms with Crippen LogP contribution in [0.1, 0.15) is 42.1 Å². The quantitative estimate of drug-likeness (QED) is 0.810. The lowest BCUT2D eigenvalue weighted by Crippen LogP contribution is -2.53. The Balaban J connectivity index is 1.26. The van der Waals surface area contributed by atoms with Crippen molar-refractivity contribution in [1.29, 1.82) is 0 Å². The molecular weight excluding hydrogens is 399 g/mol. The van der Waals surface area contributed by atoms with Gasteiger partial charge in [0.25, 0.3) is 11.8 Å². The highest BCUT2D eigenvalue weighted by molar-refractivity contribution is 6.28. The van der Waals surface area contributed by atoms with Crippen LogP contribution < -0.4 is 0 Å². The molecule has 2 fully saturated rings. The van der Waals surface area contributed by atoms with Gasteiger partial charge in [-0.3, -0.25) is 9.59 Å². The molecule has 0 spiro atoms. The zero-order chi connectivity index (χ0) is 21.8. The van der Waals surface area contributed by atoms with E-state index in [9.17, 15) is 19.1 Å². The first-order chi connectivity index (χ1) is 14.9. The normalized spacial score (nSPS) is 21.6. The number of aliphatic hydroxyl groups is 1. The molecule has 0 atom stereocenters. The summed E-state index contributed by atoms with van der Waals surface area (Å²) >= 11 is 0. The summed E-state index contributed by atoms with van der Waals surface area (Å²) in [5, 5.41) is 18.3. The van der Waals surface area contributed by atoms with Crippen LogP contribution in [0.5, 0.6) is 0 Å². The van der Waals surface area contributed by atoms with E-state index in [-0.39, 0.29) is 17.4 Å². The predicted molar refractivity (Wildman–Crippen MR) is 114 cm³/mol. The van der Waals surface area contributed by atoms with Crippen LogP contribution >= 0.6 is 0 Å². The molecule has 160 valence electrons. The number of amides is 2. The molecule has 2 amide bonds. The Morgan fingerprint density at radius 2 is 1.77 bits per heavy atom. The number of hydrogen-bond donors (Lipinski definition) is 1. The Kier molecular flexibility index (Phi) is 4.62. The van der Waals surface area contributed by atoms with Crippen LogP contribution in [-0.4, -0.2) is 69.9 Å². The largest absolute Gasteiger partial charge is 0.380 e. The number of rotatable bonds is 3. The Morgan fingerprint density at radius 3 is 2.45 bits per heavy atom. The van der Waals surface area contributed by atoms with Crippen molar-refractivity contribution in [3.8, 4) is 0 Å². The van der Waals surface area contributed by atoms with E-state index >= 15 is 0 Å². The van der Waals surface area contributed by atoms with Gasteiger partial charge in [0.1, 0.15) is 11.4 Å². The molecule has 2 aliphatic carbocycles. The molecule has 0 unspecified atom stereocenters. The maximum absolute atomic E-state index is 14.9. The van der Waals surface area contributed by atoms with Crippen molar-refractivity contribution in [2.45, 2.75) is 31.8 Å². The zero-order valence-corrected chi connectivity index (χ0v) is 17.3. The Bertz CT molecular complexity index is 1110. The van der Waals surface area contributed by atoms with Gasteiger partial charge in [-0.25, -0.2) is 4.39 Å². The van der Waals surface area contributed by atoms with Crippen molar-refractivity contribution in [2.24, 2.45) is 10.2 Å². The molecule has 1 N–H and O–H groups in total. The summed E-state index contributed by atoms with van der Waals surface area (Å²) < 4.78 is 14.9. The summed E-state index contributed by atoms with van der Waals surface area (Å²) in [4.78, 5) is 28.2. The second-order valence-electron chi connectivity index (χ2n) is 8.49. The van der Waals surface area contributed by atoms with E-state index in [0.29, 0.717) is 51.0 Å². The van der Waals surface area contributed by atoms with Crippen LogP contribution in [0.4, 0.5) is 4.39 Å². The fraction of sp³-hybridized carbons (Fsp3) is 0.391. The molecule has 2 heterocycles. The third-order valence-electron chi connectivity index (χ3n) is 6.38. The molecule has 31 heavy (non-hydrogen) atoms. The summed E-state index contributed by atoms with van der Waals surface area (Å²) in [7, 11) is 0. The van der Waals surface area contributed by atoms with Gasteiger partial charge in [0, 0.05) is 38.2 Å². The SMILES string of the molecule is CC1=NN=C2CC(c3ccc(C(=O)N4CCN(C(=O)C5(O)CC5)CC4)c(F)c3)=CC=C12. The lowest BCUT2D eigenvalue weighted by atomic mass is 9.90. The second-order valence-corrected chi connectivity index (χ2v) is 8.49. The van der Waals surface area contributed by atoms with E-state index in [1.807, 2.05) is 19.1 Å². The van der Waals surface area contributed by atoms with E-state index in [0.717, 1.165) is 22.6 Å². The molecule has 8 heteroatoms. The molecule has 1 aromatic rings. The summed E-state index contributed by atoms with van der Waals surface area (Å²) in [5.74, 6) is -1.21. The minimum Gasteiger partial charge on any atom is -0.380 e. The topological polar surface area (TPSA) is 85.6 Å². The van der Waals surface area contributed by atoms with Gasteiger partial charge in [-0.1, -0.05) is 18.2 Å². The lowest BCUT2D eigenvalue weighted by Gasteiger charge is -2.35. The lowest BCUT2D eigenvalue weighted by molar-refractivity contribution is -0.143. The molecule has 0 bridgehead atoms. The number of benzene rings is 1. The van der Waals surface area contributed by atoms with Crippen molar-refractivity contribution in [3.63, 3.8) is 0 Å². The molecule has 5 rings (SSSR count). The fourth-order valence-electron chi connectivity index (χ4n) is 4.22. The van der Waals surface area contributed by atoms with Crippen LogP contribution in [-0.2, 0) is 4.79 Å². The number of halogens is 1. The van der Waals surface area contributed by atoms with Crippen LogP contribution in [0.3, 0.4) is 0 Å². The maximum atomic E-state index is 14.9. The van der Waals surface area contributed by atoms with Crippen LogP contribution in [0.2, 0.25) is 0 Å². The Morgan fingerprint density at radius 1 is 1.06 bits per heavy atom. The number of hydrogen-bond acceptors (Lipinski definition) is 5. The minimum absolute atomic E-state index is 0.0226. The summed E-state index contributed by atoms with van der Waals surface area (Å²) in [6.45, 7) is 3.24. The highest BCUT2D eigenvalue weighted by Crippen LogP contribution is 2.37. The smallest absolute Gasteiger partial charge is 0.256 e. The summed E-state index contributed by atoms with van der Waals surface area (Å²) in [5.41, 5.74) is 3.23. The first kappa shape index (κ1) is 19.8. The van der Waals surface area contributed by atoms with Crippen LogP contribution in [0.25, 0.3) is 5.57 Å². The van der Waals surface area contributed by atoms with Crippen molar-refractivity contribution < 1.29 is 19.1 Å². The molecule has 0 radical (unpaired) electrons. The van der Waals surface area contributed by atoms with Gasteiger partial charge in [-0.2, -0.15) is 10.2 Å². The van der Waals surface area contributed by atoms with Crippen molar-refractivity contribution >= 4 is 28.8 Å². The fourth-order valence-corrected chi connectivity index (χ4v) is 4.22. The predicted octanol–water partition coefficient (Wildman–Crippen LogP) is 2.18. The van der Waals surface area contributed by atoms with Gasteiger partial charge in [0.05, 0.1) is 17.0 Å². The summed E-state index contributed by atoms with van der Waals surface area (Å²) in [6, 6.07) is 4.67.